The van der Waals surface area contributed by atoms with Gasteiger partial charge in [0.15, 0.2) is 9.84 Å². The lowest BCUT2D eigenvalue weighted by Crippen LogP contribution is -2.11. The lowest BCUT2D eigenvalue weighted by molar-refractivity contribution is -0.386. The Kier molecular flexibility index (Phi) is 5.73. The predicted molar refractivity (Wildman–Crippen MR) is 101 cm³/mol. The summed E-state index contributed by atoms with van der Waals surface area (Å²) < 4.78 is 25.8. The Morgan fingerprint density at radius 1 is 1.26 bits per heavy atom. The Labute approximate surface area is 157 Å². The van der Waals surface area contributed by atoms with Gasteiger partial charge in [-0.1, -0.05) is 12.5 Å². The minimum absolute atomic E-state index is 0.211. The molecular weight excluding hydrogens is 370 g/mol. The lowest BCUT2D eigenvalue weighted by atomic mass is 10.2. The van der Waals surface area contributed by atoms with E-state index in [0.29, 0.717) is 19.4 Å². The monoisotopic (exact) mass is 393 g/mol. The largest absolute Gasteiger partial charge is 0.379 e. The fourth-order valence-corrected chi connectivity index (χ4v) is 4.21. The van der Waals surface area contributed by atoms with Crippen molar-refractivity contribution in [2.75, 3.05) is 18.1 Å². The first-order valence-electron chi connectivity index (χ1n) is 9.00. The molecule has 0 bridgehead atoms. The van der Waals surface area contributed by atoms with E-state index in [1.54, 1.807) is 0 Å². The van der Waals surface area contributed by atoms with Crippen LogP contribution in [0, 0.1) is 10.1 Å². The van der Waals surface area contributed by atoms with Crippen molar-refractivity contribution in [3.05, 3.63) is 40.0 Å². The number of nitro benzene ring substituents is 1. The summed E-state index contributed by atoms with van der Waals surface area (Å²) in [7, 11) is -3.68. The SMILES string of the molecule is CS(=O)(=O)c1cccc(NCCCc2nnc3n2CCCCC3)c1[N+](=O)[O-]. The maximum absolute atomic E-state index is 11.8. The Bertz CT molecular complexity index is 939. The molecule has 9 nitrogen and oxygen atoms in total. The molecule has 0 atom stereocenters. The molecule has 1 aliphatic rings. The Morgan fingerprint density at radius 2 is 2.07 bits per heavy atom. The highest BCUT2D eigenvalue weighted by Crippen LogP contribution is 2.31. The van der Waals surface area contributed by atoms with Crippen LogP contribution in [-0.2, 0) is 29.2 Å². The van der Waals surface area contributed by atoms with E-state index < -0.39 is 20.4 Å². The highest BCUT2D eigenvalue weighted by molar-refractivity contribution is 7.90. The van der Waals surface area contributed by atoms with Crippen molar-refractivity contribution in [3.63, 3.8) is 0 Å². The van der Waals surface area contributed by atoms with Crippen molar-refractivity contribution in [1.82, 2.24) is 14.8 Å². The van der Waals surface area contributed by atoms with Gasteiger partial charge in [0, 0.05) is 32.2 Å². The highest BCUT2D eigenvalue weighted by Gasteiger charge is 2.25. The quantitative estimate of drug-likeness (QED) is 0.435. The number of hydrogen-bond acceptors (Lipinski definition) is 7. The standard InChI is InChI=1S/C17H23N5O4S/c1-27(25,26)14-8-5-7-13(17(14)22(23)24)18-11-6-10-16-20-19-15-9-3-2-4-12-21(15)16/h5,7-8,18H,2-4,6,9-12H2,1H3. The van der Waals surface area contributed by atoms with Crippen LogP contribution >= 0.6 is 0 Å². The number of nitro groups is 1. The third kappa shape index (κ3) is 4.44. The van der Waals surface area contributed by atoms with Crippen LogP contribution in [0.2, 0.25) is 0 Å². The number of rotatable bonds is 7. The molecule has 1 aromatic heterocycles. The summed E-state index contributed by atoms with van der Waals surface area (Å²) in [5.41, 5.74) is -0.195. The second-order valence-electron chi connectivity index (χ2n) is 6.71. The zero-order valence-electron chi connectivity index (χ0n) is 15.2. The zero-order valence-corrected chi connectivity index (χ0v) is 16.0. The molecule has 3 rings (SSSR count). The van der Waals surface area contributed by atoms with Gasteiger partial charge in [0.2, 0.25) is 0 Å². The van der Waals surface area contributed by atoms with E-state index in [0.717, 1.165) is 43.7 Å². The maximum atomic E-state index is 11.8. The summed E-state index contributed by atoms with van der Waals surface area (Å²) in [5.74, 6) is 1.97. The van der Waals surface area contributed by atoms with E-state index >= 15 is 0 Å². The number of benzene rings is 1. The molecule has 0 unspecified atom stereocenters. The lowest BCUT2D eigenvalue weighted by Gasteiger charge is -2.10. The summed E-state index contributed by atoms with van der Waals surface area (Å²) in [4.78, 5) is 10.4. The number of sulfone groups is 1. The first kappa shape index (κ1) is 19.3. The average molecular weight is 393 g/mol. The third-order valence-corrected chi connectivity index (χ3v) is 5.79. The second-order valence-corrected chi connectivity index (χ2v) is 8.69. The summed E-state index contributed by atoms with van der Waals surface area (Å²) in [6, 6.07) is 4.28. The van der Waals surface area contributed by atoms with Gasteiger partial charge >= 0.3 is 5.69 Å². The van der Waals surface area contributed by atoms with Crippen molar-refractivity contribution in [1.29, 1.82) is 0 Å². The van der Waals surface area contributed by atoms with Crippen LogP contribution in [-0.4, -0.2) is 40.9 Å². The number of para-hydroxylation sites is 1. The second kappa shape index (κ2) is 8.03. The number of aromatic nitrogens is 3. The average Bonchev–Trinajstić information content (AvgIpc) is 2.84. The first-order valence-corrected chi connectivity index (χ1v) is 10.9. The smallest absolute Gasteiger partial charge is 0.310 e. The molecule has 27 heavy (non-hydrogen) atoms. The zero-order chi connectivity index (χ0) is 19.4. The Balaban J connectivity index is 1.66. The summed E-state index contributed by atoms with van der Waals surface area (Å²) in [6.45, 7) is 1.41. The van der Waals surface area contributed by atoms with Gasteiger partial charge in [0.25, 0.3) is 0 Å². The highest BCUT2D eigenvalue weighted by atomic mass is 32.2. The molecule has 0 saturated heterocycles. The van der Waals surface area contributed by atoms with Crippen molar-refractivity contribution >= 4 is 21.2 Å². The van der Waals surface area contributed by atoms with Gasteiger partial charge in [-0.2, -0.15) is 0 Å². The van der Waals surface area contributed by atoms with Crippen LogP contribution in [0.3, 0.4) is 0 Å². The predicted octanol–water partition coefficient (Wildman–Crippen LogP) is 2.36. The van der Waals surface area contributed by atoms with Crippen molar-refractivity contribution in [2.24, 2.45) is 0 Å². The molecule has 0 amide bonds. The number of aryl methyl sites for hydroxylation is 2. The molecule has 0 spiro atoms. The molecular formula is C17H23N5O4S. The summed E-state index contributed by atoms with van der Waals surface area (Å²) >= 11 is 0. The minimum atomic E-state index is -3.68. The molecule has 1 aromatic carbocycles. The first-order chi connectivity index (χ1) is 12.9. The fraction of sp³-hybridized carbons (Fsp3) is 0.529. The van der Waals surface area contributed by atoms with E-state index in [2.05, 4.69) is 20.1 Å². The van der Waals surface area contributed by atoms with Crippen molar-refractivity contribution in [2.45, 2.75) is 50.0 Å². The van der Waals surface area contributed by atoms with Crippen molar-refractivity contribution in [3.8, 4) is 0 Å². The van der Waals surface area contributed by atoms with Crippen LogP contribution in [0.1, 0.15) is 37.3 Å². The Morgan fingerprint density at radius 3 is 2.81 bits per heavy atom. The van der Waals surface area contributed by atoms with Gasteiger partial charge in [0.05, 0.1) is 4.92 Å². The summed E-state index contributed by atoms with van der Waals surface area (Å²) in [6.07, 6.45) is 6.80. The van der Waals surface area contributed by atoms with Gasteiger partial charge < -0.3 is 9.88 Å². The summed E-state index contributed by atoms with van der Waals surface area (Å²) in [5, 5.41) is 22.9. The molecule has 0 saturated carbocycles. The molecule has 0 aliphatic carbocycles. The maximum Gasteiger partial charge on any atom is 0.310 e. The van der Waals surface area contributed by atoms with Gasteiger partial charge in [-0.15, -0.1) is 10.2 Å². The van der Waals surface area contributed by atoms with Gasteiger partial charge in [-0.3, -0.25) is 10.1 Å². The van der Waals surface area contributed by atoms with Crippen molar-refractivity contribution < 1.29 is 13.3 Å². The molecule has 146 valence electrons. The molecule has 10 heteroatoms. The molecule has 2 aromatic rings. The number of nitrogens with zero attached hydrogens (tertiary/aromatic N) is 4. The number of anilines is 1. The minimum Gasteiger partial charge on any atom is -0.379 e. The molecule has 0 fully saturated rings. The topological polar surface area (TPSA) is 120 Å². The fourth-order valence-electron chi connectivity index (χ4n) is 3.35. The third-order valence-electron chi connectivity index (χ3n) is 4.66. The van der Waals surface area contributed by atoms with Gasteiger partial charge in [0.1, 0.15) is 22.2 Å². The Hall–Kier alpha value is -2.49. The van der Waals surface area contributed by atoms with Crippen LogP contribution in [0.4, 0.5) is 11.4 Å². The van der Waals surface area contributed by atoms with Crippen LogP contribution in [0.25, 0.3) is 0 Å². The number of nitrogens with one attached hydrogen (secondary N) is 1. The van der Waals surface area contributed by atoms with E-state index in [4.69, 9.17) is 0 Å². The van der Waals surface area contributed by atoms with Gasteiger partial charge in [-0.25, -0.2) is 8.42 Å². The van der Waals surface area contributed by atoms with E-state index in [9.17, 15) is 18.5 Å². The van der Waals surface area contributed by atoms with Crippen LogP contribution in [0.15, 0.2) is 23.1 Å². The van der Waals surface area contributed by atoms with Crippen LogP contribution in [0.5, 0.6) is 0 Å². The molecule has 2 heterocycles. The van der Waals surface area contributed by atoms with Crippen LogP contribution < -0.4 is 5.32 Å². The van der Waals surface area contributed by atoms with E-state index in [1.807, 2.05) is 0 Å². The number of hydrogen-bond donors (Lipinski definition) is 1. The van der Waals surface area contributed by atoms with Gasteiger partial charge in [-0.05, 0) is 31.4 Å². The molecule has 1 N–H and O–H groups in total. The van der Waals surface area contributed by atoms with E-state index in [1.165, 1.54) is 24.6 Å². The number of fused-ring (bicyclic) bond motifs is 1. The normalized spacial score (nSPS) is 14.4. The molecule has 0 radical (unpaired) electrons. The van der Waals surface area contributed by atoms with E-state index in [-0.39, 0.29) is 10.6 Å². The molecule has 1 aliphatic heterocycles.